The van der Waals surface area contributed by atoms with Gasteiger partial charge in [0.05, 0.1) is 14.2 Å². The molecule has 2 saturated heterocycles. The van der Waals surface area contributed by atoms with E-state index in [1.165, 1.54) is 0 Å². The van der Waals surface area contributed by atoms with Gasteiger partial charge in [-0.15, -0.1) is 0 Å². The number of carbonyl (C=O) groups excluding carboxylic acids is 3. The van der Waals surface area contributed by atoms with E-state index >= 15 is 0 Å². The summed E-state index contributed by atoms with van der Waals surface area (Å²) in [4.78, 5) is 42.9. The molecule has 0 aromatic heterocycles. The molecule has 1 saturated carbocycles. The Kier molecular flexibility index (Phi) is 5.79. The number of hydrogen-bond donors (Lipinski definition) is 1. The first-order chi connectivity index (χ1) is 14.9. The maximum Gasteiger partial charge on any atom is 0.325 e. The minimum Gasteiger partial charge on any atom is -0.493 e. The summed E-state index contributed by atoms with van der Waals surface area (Å²) >= 11 is 0. The molecule has 1 atom stereocenters. The summed E-state index contributed by atoms with van der Waals surface area (Å²) in [5.74, 6) is 1.11. The fraction of sp³-hybridized carbons (Fsp3) is 0.591. The fourth-order valence-corrected chi connectivity index (χ4v) is 4.42. The van der Waals surface area contributed by atoms with Gasteiger partial charge in [0.2, 0.25) is 5.91 Å². The number of benzene rings is 1. The molecular formula is C22H30N4O5. The normalized spacial score (nSPS) is 24.4. The third-order valence-electron chi connectivity index (χ3n) is 6.57. The van der Waals surface area contributed by atoms with Gasteiger partial charge in [-0.1, -0.05) is 6.07 Å². The van der Waals surface area contributed by atoms with Crippen LogP contribution in [0.3, 0.4) is 0 Å². The van der Waals surface area contributed by atoms with Crippen molar-refractivity contribution in [2.45, 2.75) is 31.8 Å². The first kappa shape index (κ1) is 21.4. The van der Waals surface area contributed by atoms with Crippen LogP contribution in [0.15, 0.2) is 18.2 Å². The molecule has 168 valence electrons. The molecule has 0 unspecified atom stereocenters. The van der Waals surface area contributed by atoms with Gasteiger partial charge in [0.25, 0.3) is 5.91 Å². The quantitative estimate of drug-likeness (QED) is 0.651. The molecule has 0 spiro atoms. The third kappa shape index (κ3) is 4.19. The summed E-state index contributed by atoms with van der Waals surface area (Å²) < 4.78 is 10.6. The van der Waals surface area contributed by atoms with E-state index in [0.29, 0.717) is 24.6 Å². The molecule has 9 nitrogen and oxygen atoms in total. The molecular weight excluding hydrogens is 400 g/mol. The standard InChI is InChI=1S/C22H30N4O5/c1-22(16-5-6-16)20(28)26(21(29)23-22)14-19(27)25-10-8-24(9-11-25)13-15-4-7-17(30-2)18(12-15)31-3/h4,7,12,16H,5-6,8-11,13-14H2,1-3H3,(H,23,29)/t22-/m1/s1. The van der Waals surface area contributed by atoms with Crippen LogP contribution in [-0.2, 0) is 16.1 Å². The Morgan fingerprint density at radius 3 is 2.39 bits per heavy atom. The van der Waals surface area contributed by atoms with Crippen LogP contribution in [0.25, 0.3) is 0 Å². The van der Waals surface area contributed by atoms with Crippen LogP contribution in [0.4, 0.5) is 4.79 Å². The van der Waals surface area contributed by atoms with Crippen molar-refractivity contribution in [1.82, 2.24) is 20.0 Å². The van der Waals surface area contributed by atoms with Crippen LogP contribution in [-0.4, -0.2) is 85.0 Å². The third-order valence-corrected chi connectivity index (χ3v) is 6.57. The average Bonchev–Trinajstić information content (AvgIpc) is 3.60. The zero-order valence-corrected chi connectivity index (χ0v) is 18.3. The number of ether oxygens (including phenoxy) is 2. The average molecular weight is 431 g/mol. The lowest BCUT2D eigenvalue weighted by Crippen LogP contribution is -2.52. The van der Waals surface area contributed by atoms with Crippen LogP contribution in [0, 0.1) is 5.92 Å². The van der Waals surface area contributed by atoms with E-state index in [1.54, 1.807) is 26.0 Å². The first-order valence-corrected chi connectivity index (χ1v) is 10.7. The molecule has 2 heterocycles. The van der Waals surface area contributed by atoms with E-state index in [-0.39, 0.29) is 24.3 Å². The van der Waals surface area contributed by atoms with E-state index in [0.717, 1.165) is 42.9 Å². The van der Waals surface area contributed by atoms with E-state index in [1.807, 2.05) is 18.2 Å². The molecule has 0 radical (unpaired) electrons. The smallest absolute Gasteiger partial charge is 0.325 e. The summed E-state index contributed by atoms with van der Waals surface area (Å²) in [6.07, 6.45) is 1.87. The van der Waals surface area contributed by atoms with Crippen molar-refractivity contribution >= 4 is 17.8 Å². The molecule has 1 aromatic carbocycles. The topological polar surface area (TPSA) is 91.4 Å². The molecule has 9 heteroatoms. The van der Waals surface area contributed by atoms with Crippen molar-refractivity contribution in [3.05, 3.63) is 23.8 Å². The number of hydrogen-bond acceptors (Lipinski definition) is 6. The Morgan fingerprint density at radius 1 is 1.10 bits per heavy atom. The molecule has 31 heavy (non-hydrogen) atoms. The Bertz CT molecular complexity index is 879. The largest absolute Gasteiger partial charge is 0.493 e. The van der Waals surface area contributed by atoms with Crippen LogP contribution in [0.5, 0.6) is 11.5 Å². The number of urea groups is 1. The van der Waals surface area contributed by atoms with Gasteiger partial charge in [-0.25, -0.2) is 4.79 Å². The van der Waals surface area contributed by atoms with Gasteiger partial charge in [-0.05, 0) is 43.4 Å². The minimum absolute atomic E-state index is 0.184. The highest BCUT2D eigenvalue weighted by Crippen LogP contribution is 2.42. The Balaban J connectivity index is 1.29. The molecule has 3 fully saturated rings. The van der Waals surface area contributed by atoms with Gasteiger partial charge in [0.15, 0.2) is 11.5 Å². The molecule has 1 aromatic rings. The molecule has 4 amide bonds. The molecule has 1 N–H and O–H groups in total. The summed E-state index contributed by atoms with van der Waals surface area (Å²) in [6.45, 7) is 4.89. The maximum absolute atomic E-state index is 12.8. The van der Waals surface area contributed by atoms with E-state index in [2.05, 4.69) is 10.2 Å². The van der Waals surface area contributed by atoms with Crippen molar-refractivity contribution in [3.63, 3.8) is 0 Å². The number of carbonyl (C=O) groups is 3. The summed E-state index contributed by atoms with van der Waals surface area (Å²) in [7, 11) is 3.23. The Labute approximate surface area is 182 Å². The van der Waals surface area contributed by atoms with E-state index in [4.69, 9.17) is 9.47 Å². The maximum atomic E-state index is 12.8. The molecule has 2 aliphatic heterocycles. The number of amides is 4. The number of imide groups is 1. The van der Waals surface area contributed by atoms with Crippen LogP contribution >= 0.6 is 0 Å². The molecule has 0 bridgehead atoms. The highest BCUT2D eigenvalue weighted by atomic mass is 16.5. The second kappa shape index (κ2) is 8.37. The van der Waals surface area contributed by atoms with E-state index in [9.17, 15) is 14.4 Å². The van der Waals surface area contributed by atoms with Gasteiger partial charge in [-0.2, -0.15) is 0 Å². The van der Waals surface area contributed by atoms with E-state index < -0.39 is 11.6 Å². The second-order valence-corrected chi connectivity index (χ2v) is 8.64. The fourth-order valence-electron chi connectivity index (χ4n) is 4.42. The van der Waals surface area contributed by atoms with Gasteiger partial charge in [0.1, 0.15) is 12.1 Å². The number of nitrogens with zero attached hydrogens (tertiary/aromatic N) is 3. The van der Waals surface area contributed by atoms with Crippen molar-refractivity contribution in [3.8, 4) is 11.5 Å². The monoisotopic (exact) mass is 430 g/mol. The van der Waals surface area contributed by atoms with Crippen molar-refractivity contribution in [2.24, 2.45) is 5.92 Å². The summed E-state index contributed by atoms with van der Waals surface area (Å²) in [6, 6.07) is 5.40. The number of nitrogens with one attached hydrogen (secondary N) is 1. The van der Waals surface area contributed by atoms with Gasteiger partial charge < -0.3 is 19.7 Å². The van der Waals surface area contributed by atoms with Crippen LogP contribution in [0.1, 0.15) is 25.3 Å². The zero-order chi connectivity index (χ0) is 22.2. The highest BCUT2D eigenvalue weighted by molar-refractivity contribution is 6.09. The lowest BCUT2D eigenvalue weighted by Gasteiger charge is -2.35. The molecule has 1 aliphatic carbocycles. The second-order valence-electron chi connectivity index (χ2n) is 8.64. The first-order valence-electron chi connectivity index (χ1n) is 10.7. The van der Waals surface area contributed by atoms with Gasteiger partial charge in [-0.3, -0.25) is 19.4 Å². The Morgan fingerprint density at radius 2 is 1.77 bits per heavy atom. The predicted molar refractivity (Wildman–Crippen MR) is 113 cm³/mol. The van der Waals surface area contributed by atoms with Crippen molar-refractivity contribution in [1.29, 1.82) is 0 Å². The SMILES string of the molecule is COc1ccc(CN2CCN(C(=O)CN3C(=O)N[C@](C)(C4CC4)C3=O)CC2)cc1OC. The lowest BCUT2D eigenvalue weighted by molar-refractivity contribution is -0.140. The molecule has 3 aliphatic rings. The highest BCUT2D eigenvalue weighted by Gasteiger charge is 2.56. The number of rotatable bonds is 7. The van der Waals surface area contributed by atoms with Crippen molar-refractivity contribution in [2.75, 3.05) is 46.9 Å². The van der Waals surface area contributed by atoms with Crippen LogP contribution < -0.4 is 14.8 Å². The Hall–Kier alpha value is -2.81. The number of piperazine rings is 1. The summed E-state index contributed by atoms with van der Waals surface area (Å²) in [5, 5.41) is 2.79. The van der Waals surface area contributed by atoms with Gasteiger partial charge >= 0.3 is 6.03 Å². The lowest BCUT2D eigenvalue weighted by atomic mass is 9.96. The van der Waals surface area contributed by atoms with Gasteiger partial charge in [0, 0.05) is 32.7 Å². The van der Waals surface area contributed by atoms with Crippen LogP contribution in [0.2, 0.25) is 0 Å². The predicted octanol–water partition coefficient (Wildman–Crippen LogP) is 1.07. The van der Waals surface area contributed by atoms with Crippen molar-refractivity contribution < 1.29 is 23.9 Å². The number of methoxy groups -OCH3 is 2. The summed E-state index contributed by atoms with van der Waals surface area (Å²) in [5.41, 5.74) is 0.256. The molecule has 4 rings (SSSR count). The zero-order valence-electron chi connectivity index (χ0n) is 18.3. The minimum atomic E-state index is -0.852.